The maximum atomic E-state index is 12.5. The zero-order valence-electron chi connectivity index (χ0n) is 10.4. The van der Waals surface area contributed by atoms with Crippen molar-refractivity contribution >= 4 is 20.6 Å². The van der Waals surface area contributed by atoms with E-state index in [0.717, 1.165) is 0 Å². The summed E-state index contributed by atoms with van der Waals surface area (Å²) in [5.41, 5.74) is 0. The van der Waals surface area contributed by atoms with E-state index in [4.69, 9.17) is 0 Å². The van der Waals surface area contributed by atoms with Gasteiger partial charge in [-0.1, -0.05) is 24.3 Å². The van der Waals surface area contributed by atoms with Crippen LogP contribution in [0.2, 0.25) is 0 Å². The van der Waals surface area contributed by atoms with Gasteiger partial charge in [-0.15, -0.1) is 0 Å². The third kappa shape index (κ3) is 2.02. The van der Waals surface area contributed by atoms with Crippen LogP contribution in [0.1, 0.15) is 0 Å². The van der Waals surface area contributed by atoms with Gasteiger partial charge in [0.1, 0.15) is 5.75 Å². The summed E-state index contributed by atoms with van der Waals surface area (Å²) in [6.45, 7) is 0. The SMILES string of the molecule is O=S(=O)(c1ccccc1)c1ccc2cncc(O)c2c1. The molecule has 0 aliphatic rings. The van der Waals surface area contributed by atoms with Crippen molar-refractivity contribution in [3.05, 3.63) is 60.9 Å². The second kappa shape index (κ2) is 4.61. The number of hydrogen-bond acceptors (Lipinski definition) is 4. The molecule has 1 N–H and O–H groups in total. The van der Waals surface area contributed by atoms with E-state index in [-0.39, 0.29) is 15.5 Å². The van der Waals surface area contributed by atoms with Gasteiger partial charge in [-0.25, -0.2) is 8.42 Å². The third-order valence-corrected chi connectivity index (χ3v) is 4.84. The maximum absolute atomic E-state index is 12.5. The topological polar surface area (TPSA) is 67.3 Å². The largest absolute Gasteiger partial charge is 0.506 e. The summed E-state index contributed by atoms with van der Waals surface area (Å²) in [6, 6.07) is 12.8. The molecular formula is C15H11NO3S. The summed E-state index contributed by atoms with van der Waals surface area (Å²) in [7, 11) is -3.58. The second-order valence-corrected chi connectivity index (χ2v) is 6.31. The predicted molar refractivity (Wildman–Crippen MR) is 75.3 cm³/mol. The van der Waals surface area contributed by atoms with Crippen LogP contribution in [-0.4, -0.2) is 18.5 Å². The van der Waals surface area contributed by atoms with E-state index in [0.29, 0.717) is 10.8 Å². The van der Waals surface area contributed by atoms with Gasteiger partial charge in [0, 0.05) is 17.0 Å². The number of fused-ring (bicyclic) bond motifs is 1. The molecule has 0 bridgehead atoms. The minimum absolute atomic E-state index is 0.0346. The Morgan fingerprint density at radius 2 is 1.65 bits per heavy atom. The minimum Gasteiger partial charge on any atom is -0.506 e. The molecule has 0 fully saturated rings. The van der Waals surface area contributed by atoms with Gasteiger partial charge >= 0.3 is 0 Å². The van der Waals surface area contributed by atoms with Crippen molar-refractivity contribution in [3.8, 4) is 5.75 Å². The maximum Gasteiger partial charge on any atom is 0.206 e. The molecule has 0 aliphatic carbocycles. The number of pyridine rings is 1. The molecular weight excluding hydrogens is 274 g/mol. The van der Waals surface area contributed by atoms with Crippen molar-refractivity contribution < 1.29 is 13.5 Å². The van der Waals surface area contributed by atoms with Gasteiger partial charge in [0.15, 0.2) is 0 Å². The fourth-order valence-corrected chi connectivity index (χ4v) is 3.34. The van der Waals surface area contributed by atoms with Gasteiger partial charge in [0.05, 0.1) is 16.0 Å². The van der Waals surface area contributed by atoms with Crippen molar-refractivity contribution in [2.45, 2.75) is 9.79 Å². The van der Waals surface area contributed by atoms with Gasteiger partial charge < -0.3 is 5.11 Å². The average molecular weight is 285 g/mol. The summed E-state index contributed by atoms with van der Waals surface area (Å²) in [5.74, 6) is -0.0346. The standard InChI is InChI=1S/C15H11NO3S/c17-15-10-16-9-11-6-7-13(8-14(11)15)20(18,19)12-4-2-1-3-5-12/h1-10,17H. The van der Waals surface area contributed by atoms with Crippen LogP contribution in [0.4, 0.5) is 0 Å². The number of benzene rings is 2. The van der Waals surface area contributed by atoms with E-state index in [1.54, 1.807) is 42.6 Å². The van der Waals surface area contributed by atoms with Crippen LogP contribution in [0.3, 0.4) is 0 Å². The van der Waals surface area contributed by atoms with Crippen LogP contribution in [0.25, 0.3) is 10.8 Å². The minimum atomic E-state index is -3.58. The van der Waals surface area contributed by atoms with Gasteiger partial charge in [0.25, 0.3) is 0 Å². The zero-order chi connectivity index (χ0) is 14.2. The molecule has 20 heavy (non-hydrogen) atoms. The monoisotopic (exact) mass is 285 g/mol. The number of hydrogen-bond donors (Lipinski definition) is 1. The number of sulfone groups is 1. The van der Waals surface area contributed by atoms with E-state index < -0.39 is 9.84 Å². The molecule has 1 heterocycles. The Balaban J connectivity index is 2.23. The van der Waals surface area contributed by atoms with Crippen molar-refractivity contribution in [1.82, 2.24) is 4.98 Å². The molecule has 0 amide bonds. The molecule has 0 atom stereocenters. The van der Waals surface area contributed by atoms with Crippen molar-refractivity contribution in [2.24, 2.45) is 0 Å². The number of nitrogens with zero attached hydrogens (tertiary/aromatic N) is 1. The highest BCUT2D eigenvalue weighted by molar-refractivity contribution is 7.91. The van der Waals surface area contributed by atoms with E-state index in [2.05, 4.69) is 4.98 Å². The molecule has 0 aliphatic heterocycles. The van der Waals surface area contributed by atoms with E-state index in [1.165, 1.54) is 18.3 Å². The molecule has 100 valence electrons. The predicted octanol–water partition coefficient (Wildman–Crippen LogP) is 2.77. The average Bonchev–Trinajstić information content (AvgIpc) is 2.48. The molecule has 3 aromatic rings. The lowest BCUT2D eigenvalue weighted by Gasteiger charge is -2.06. The zero-order valence-corrected chi connectivity index (χ0v) is 11.2. The van der Waals surface area contributed by atoms with Crippen LogP contribution in [0, 0.1) is 0 Å². The fraction of sp³-hybridized carbons (Fsp3) is 0. The highest BCUT2D eigenvalue weighted by Gasteiger charge is 2.18. The summed E-state index contributed by atoms with van der Waals surface area (Å²) < 4.78 is 25.0. The Hall–Kier alpha value is -2.40. The molecule has 0 saturated carbocycles. The summed E-state index contributed by atoms with van der Waals surface area (Å²) >= 11 is 0. The molecule has 2 aromatic carbocycles. The highest BCUT2D eigenvalue weighted by atomic mass is 32.2. The molecule has 5 heteroatoms. The van der Waals surface area contributed by atoms with Gasteiger partial charge in [-0.2, -0.15) is 0 Å². The third-order valence-electron chi connectivity index (χ3n) is 3.07. The Morgan fingerprint density at radius 1 is 0.900 bits per heavy atom. The molecule has 0 unspecified atom stereocenters. The number of aromatic hydroxyl groups is 1. The summed E-state index contributed by atoms with van der Waals surface area (Å²) in [6.07, 6.45) is 2.87. The van der Waals surface area contributed by atoms with Crippen molar-refractivity contribution in [1.29, 1.82) is 0 Å². The summed E-state index contributed by atoms with van der Waals surface area (Å²) in [4.78, 5) is 4.24. The van der Waals surface area contributed by atoms with Crippen LogP contribution in [-0.2, 0) is 9.84 Å². The second-order valence-electron chi connectivity index (χ2n) is 4.36. The molecule has 0 spiro atoms. The first-order valence-electron chi connectivity index (χ1n) is 5.96. The Morgan fingerprint density at radius 3 is 2.40 bits per heavy atom. The number of rotatable bonds is 2. The molecule has 3 rings (SSSR count). The van der Waals surface area contributed by atoms with E-state index in [1.807, 2.05) is 0 Å². The van der Waals surface area contributed by atoms with Crippen LogP contribution in [0.5, 0.6) is 5.75 Å². The van der Waals surface area contributed by atoms with Crippen molar-refractivity contribution in [3.63, 3.8) is 0 Å². The van der Waals surface area contributed by atoms with E-state index >= 15 is 0 Å². The first-order valence-corrected chi connectivity index (χ1v) is 7.44. The Bertz CT molecular complexity index is 874. The van der Waals surface area contributed by atoms with Crippen LogP contribution >= 0.6 is 0 Å². The first-order chi connectivity index (χ1) is 9.59. The normalized spacial score (nSPS) is 11.6. The van der Waals surface area contributed by atoms with Crippen LogP contribution in [0.15, 0.2) is 70.7 Å². The highest BCUT2D eigenvalue weighted by Crippen LogP contribution is 2.28. The summed E-state index contributed by atoms with van der Waals surface area (Å²) in [5, 5.41) is 10.9. The fourth-order valence-electron chi connectivity index (χ4n) is 2.03. The molecule has 0 saturated heterocycles. The molecule has 4 nitrogen and oxygen atoms in total. The van der Waals surface area contributed by atoms with E-state index in [9.17, 15) is 13.5 Å². The Kier molecular flexibility index (Phi) is 2.91. The molecule has 1 aromatic heterocycles. The van der Waals surface area contributed by atoms with Gasteiger partial charge in [-0.3, -0.25) is 4.98 Å². The van der Waals surface area contributed by atoms with Gasteiger partial charge in [-0.05, 0) is 24.3 Å². The Labute approximate surface area is 116 Å². The first kappa shape index (κ1) is 12.6. The molecule has 0 radical (unpaired) electrons. The lowest BCUT2D eigenvalue weighted by Crippen LogP contribution is -2.01. The number of aromatic nitrogens is 1. The van der Waals surface area contributed by atoms with Crippen LogP contribution < -0.4 is 0 Å². The van der Waals surface area contributed by atoms with Crippen molar-refractivity contribution in [2.75, 3.05) is 0 Å². The smallest absolute Gasteiger partial charge is 0.206 e. The quantitative estimate of drug-likeness (QED) is 0.786. The lowest BCUT2D eigenvalue weighted by atomic mass is 10.2. The lowest BCUT2D eigenvalue weighted by molar-refractivity contribution is 0.479. The van der Waals surface area contributed by atoms with Gasteiger partial charge in [0.2, 0.25) is 9.84 Å².